The van der Waals surface area contributed by atoms with Crippen molar-refractivity contribution < 1.29 is 0 Å². The second-order valence-electron chi connectivity index (χ2n) is 4.18. The first-order chi connectivity index (χ1) is 8.74. The van der Waals surface area contributed by atoms with E-state index in [9.17, 15) is 0 Å². The Hall–Kier alpha value is -1.51. The van der Waals surface area contributed by atoms with E-state index in [2.05, 4.69) is 23.1 Å². The van der Waals surface area contributed by atoms with Crippen molar-refractivity contribution in [3.05, 3.63) is 59.1 Å². The molecule has 0 fully saturated rings. The number of rotatable bonds is 4. The largest absolute Gasteiger partial charge is 0.343 e. The van der Waals surface area contributed by atoms with E-state index >= 15 is 0 Å². The van der Waals surface area contributed by atoms with Gasteiger partial charge in [-0.25, -0.2) is 0 Å². The molecule has 2 N–H and O–H groups in total. The number of benzene rings is 2. The summed E-state index contributed by atoms with van der Waals surface area (Å²) >= 11 is 6.33. The Morgan fingerprint density at radius 1 is 1.06 bits per heavy atom. The highest BCUT2D eigenvalue weighted by atomic mass is 35.5. The van der Waals surface area contributed by atoms with Gasteiger partial charge in [-0.15, -0.1) is 0 Å². The maximum Gasteiger partial charge on any atom is 0.0645 e. The normalized spacial score (nSPS) is 10.4. The molecule has 0 atom stereocenters. The van der Waals surface area contributed by atoms with E-state index in [-0.39, 0.29) is 0 Å². The minimum Gasteiger partial charge on any atom is -0.343 e. The summed E-state index contributed by atoms with van der Waals surface area (Å²) < 4.78 is 0. The number of para-hydroxylation sites is 2. The molecule has 0 bridgehead atoms. The molecule has 18 heavy (non-hydrogen) atoms. The first kappa shape index (κ1) is 12.9. The molecule has 2 aromatic rings. The van der Waals surface area contributed by atoms with Crippen LogP contribution >= 0.6 is 11.6 Å². The Morgan fingerprint density at radius 2 is 1.78 bits per heavy atom. The van der Waals surface area contributed by atoms with Crippen molar-refractivity contribution >= 4 is 23.0 Å². The summed E-state index contributed by atoms with van der Waals surface area (Å²) in [4.78, 5) is 2.10. The molecule has 0 aliphatic carbocycles. The Kier molecular flexibility index (Phi) is 4.24. The first-order valence-corrected chi connectivity index (χ1v) is 6.38. The highest BCUT2D eigenvalue weighted by Crippen LogP contribution is 2.33. The average Bonchev–Trinajstić information content (AvgIpc) is 2.40. The van der Waals surface area contributed by atoms with Crippen molar-refractivity contribution in [1.29, 1.82) is 0 Å². The zero-order chi connectivity index (χ0) is 13.0. The first-order valence-electron chi connectivity index (χ1n) is 6.00. The molecule has 94 valence electrons. The summed E-state index contributed by atoms with van der Waals surface area (Å²) in [6.45, 7) is 0.621. The van der Waals surface area contributed by atoms with E-state index in [1.807, 2.05) is 37.4 Å². The summed E-state index contributed by atoms with van der Waals surface area (Å²) in [5, 5.41) is 0.757. The topological polar surface area (TPSA) is 29.3 Å². The van der Waals surface area contributed by atoms with Gasteiger partial charge in [0.2, 0.25) is 0 Å². The van der Waals surface area contributed by atoms with Gasteiger partial charge in [0.1, 0.15) is 0 Å². The fourth-order valence-corrected chi connectivity index (χ4v) is 2.39. The van der Waals surface area contributed by atoms with Crippen LogP contribution in [-0.2, 0) is 6.42 Å². The Bertz CT molecular complexity index is 511. The summed E-state index contributed by atoms with van der Waals surface area (Å²) in [5.74, 6) is 0. The van der Waals surface area contributed by atoms with Crippen molar-refractivity contribution in [1.82, 2.24) is 0 Å². The lowest BCUT2D eigenvalue weighted by Gasteiger charge is -2.23. The van der Waals surface area contributed by atoms with Crippen molar-refractivity contribution in [3.8, 4) is 0 Å². The highest BCUT2D eigenvalue weighted by molar-refractivity contribution is 6.33. The fourth-order valence-electron chi connectivity index (χ4n) is 2.07. The quantitative estimate of drug-likeness (QED) is 0.910. The van der Waals surface area contributed by atoms with Crippen LogP contribution in [0.2, 0.25) is 5.02 Å². The average molecular weight is 261 g/mol. The minimum absolute atomic E-state index is 0.621. The number of hydrogen-bond acceptors (Lipinski definition) is 2. The van der Waals surface area contributed by atoms with Gasteiger partial charge in [0.05, 0.1) is 10.7 Å². The number of nitrogens with two attached hydrogens (primary N) is 1. The van der Waals surface area contributed by atoms with E-state index < -0.39 is 0 Å². The molecule has 0 aliphatic heterocycles. The number of anilines is 2. The van der Waals surface area contributed by atoms with Crippen LogP contribution in [0.1, 0.15) is 5.56 Å². The molecule has 0 aromatic heterocycles. The monoisotopic (exact) mass is 260 g/mol. The molecule has 0 amide bonds. The third-order valence-corrected chi connectivity index (χ3v) is 3.27. The van der Waals surface area contributed by atoms with Gasteiger partial charge in [-0.2, -0.15) is 0 Å². The van der Waals surface area contributed by atoms with Crippen molar-refractivity contribution in [3.63, 3.8) is 0 Å². The predicted molar refractivity (Wildman–Crippen MR) is 78.7 cm³/mol. The molecule has 0 aliphatic rings. The minimum atomic E-state index is 0.621. The van der Waals surface area contributed by atoms with Gasteiger partial charge >= 0.3 is 0 Å². The van der Waals surface area contributed by atoms with E-state index in [0.717, 1.165) is 22.8 Å². The third kappa shape index (κ3) is 2.66. The standard InChI is InChI=1S/C15H17ClN2/c1-18(13-7-3-2-4-8-13)15-12(10-11-17)6-5-9-14(15)16/h2-9H,10-11,17H2,1H3. The Labute approximate surface area is 113 Å². The van der Waals surface area contributed by atoms with Crippen molar-refractivity contribution in [2.75, 3.05) is 18.5 Å². The van der Waals surface area contributed by atoms with Gasteiger partial charge < -0.3 is 10.6 Å². The van der Waals surface area contributed by atoms with Crippen LogP contribution in [0, 0.1) is 0 Å². The van der Waals surface area contributed by atoms with Crippen LogP contribution < -0.4 is 10.6 Å². The Balaban J connectivity index is 2.43. The van der Waals surface area contributed by atoms with Gasteiger partial charge in [0, 0.05) is 12.7 Å². The molecule has 2 aromatic carbocycles. The maximum atomic E-state index is 6.33. The van der Waals surface area contributed by atoms with Gasteiger partial charge in [0.25, 0.3) is 0 Å². The molecule has 3 heteroatoms. The molecule has 0 radical (unpaired) electrons. The third-order valence-electron chi connectivity index (χ3n) is 2.96. The summed E-state index contributed by atoms with van der Waals surface area (Å²) in [7, 11) is 2.02. The molecule has 0 heterocycles. The van der Waals surface area contributed by atoms with Gasteiger partial charge in [-0.3, -0.25) is 0 Å². The van der Waals surface area contributed by atoms with Crippen molar-refractivity contribution in [2.24, 2.45) is 5.73 Å². The van der Waals surface area contributed by atoms with Gasteiger partial charge in [0.15, 0.2) is 0 Å². The van der Waals surface area contributed by atoms with Crippen LogP contribution in [0.4, 0.5) is 11.4 Å². The molecule has 0 unspecified atom stereocenters. The molecular formula is C15H17ClN2. The van der Waals surface area contributed by atoms with Crippen LogP contribution in [0.25, 0.3) is 0 Å². The molecule has 2 rings (SSSR count). The van der Waals surface area contributed by atoms with Gasteiger partial charge in [-0.05, 0) is 36.7 Å². The summed E-state index contributed by atoms with van der Waals surface area (Å²) in [6, 6.07) is 16.1. The van der Waals surface area contributed by atoms with E-state index in [0.29, 0.717) is 6.54 Å². The molecule has 2 nitrogen and oxygen atoms in total. The lowest BCUT2D eigenvalue weighted by molar-refractivity contribution is 0.961. The van der Waals surface area contributed by atoms with Gasteiger partial charge in [-0.1, -0.05) is 41.9 Å². The lowest BCUT2D eigenvalue weighted by Crippen LogP contribution is -2.14. The number of halogens is 1. The van der Waals surface area contributed by atoms with E-state index in [4.69, 9.17) is 17.3 Å². The summed E-state index contributed by atoms with van der Waals surface area (Å²) in [5.41, 5.74) is 8.99. The zero-order valence-corrected chi connectivity index (χ0v) is 11.2. The van der Waals surface area contributed by atoms with Crippen LogP contribution in [0.5, 0.6) is 0 Å². The molecular weight excluding hydrogens is 244 g/mol. The maximum absolute atomic E-state index is 6.33. The fraction of sp³-hybridized carbons (Fsp3) is 0.200. The van der Waals surface area contributed by atoms with Crippen LogP contribution in [0.3, 0.4) is 0 Å². The number of nitrogens with zero attached hydrogens (tertiary/aromatic N) is 1. The molecule has 0 saturated heterocycles. The van der Waals surface area contributed by atoms with Crippen molar-refractivity contribution in [2.45, 2.75) is 6.42 Å². The SMILES string of the molecule is CN(c1ccccc1)c1c(Cl)cccc1CCN. The van der Waals surface area contributed by atoms with Crippen LogP contribution in [-0.4, -0.2) is 13.6 Å². The van der Waals surface area contributed by atoms with E-state index in [1.54, 1.807) is 0 Å². The second-order valence-corrected chi connectivity index (χ2v) is 4.59. The Morgan fingerprint density at radius 3 is 2.44 bits per heavy atom. The smallest absolute Gasteiger partial charge is 0.0645 e. The number of hydrogen-bond donors (Lipinski definition) is 1. The van der Waals surface area contributed by atoms with E-state index in [1.165, 1.54) is 5.56 Å². The zero-order valence-electron chi connectivity index (χ0n) is 10.4. The second kappa shape index (κ2) is 5.89. The molecule has 0 spiro atoms. The summed E-state index contributed by atoms with van der Waals surface area (Å²) in [6.07, 6.45) is 0.826. The highest BCUT2D eigenvalue weighted by Gasteiger charge is 2.12. The lowest BCUT2D eigenvalue weighted by atomic mass is 10.1. The molecule has 0 saturated carbocycles. The predicted octanol–water partition coefficient (Wildman–Crippen LogP) is 3.61. The van der Waals surface area contributed by atoms with Crippen LogP contribution in [0.15, 0.2) is 48.5 Å².